The molecule has 0 fully saturated rings. The van der Waals surface area contributed by atoms with Crippen LogP contribution in [0.25, 0.3) is 5.65 Å². The topological polar surface area (TPSA) is 111 Å². The molecular weight excluding hydrogens is 308 g/mol. The summed E-state index contributed by atoms with van der Waals surface area (Å²) in [7, 11) is 1.28. The van der Waals surface area contributed by atoms with Crippen molar-refractivity contribution in [2.45, 2.75) is 6.92 Å². The zero-order valence-electron chi connectivity index (χ0n) is 11.6. The molecule has 0 aliphatic heterocycles. The highest BCUT2D eigenvalue weighted by molar-refractivity contribution is 7.16. The van der Waals surface area contributed by atoms with Gasteiger partial charge in [-0.2, -0.15) is 0 Å². The van der Waals surface area contributed by atoms with Crippen LogP contribution in [0.3, 0.4) is 0 Å². The molecule has 0 saturated carbocycles. The number of aryl methyl sites for hydroxylation is 1. The van der Waals surface area contributed by atoms with Crippen LogP contribution < -0.4 is 5.32 Å². The van der Waals surface area contributed by atoms with Gasteiger partial charge >= 0.3 is 5.97 Å². The third kappa shape index (κ3) is 2.51. The molecule has 112 valence electrons. The van der Waals surface area contributed by atoms with Gasteiger partial charge in [0.05, 0.1) is 7.11 Å². The molecular formula is C12H10N6O3S. The van der Waals surface area contributed by atoms with Crippen molar-refractivity contribution in [2.75, 3.05) is 12.4 Å². The largest absolute Gasteiger partial charge is 0.464 e. The Morgan fingerprint density at radius 1 is 1.41 bits per heavy atom. The number of nitrogens with zero attached hydrogens (tertiary/aromatic N) is 5. The van der Waals surface area contributed by atoms with Crippen LogP contribution >= 0.6 is 11.3 Å². The maximum atomic E-state index is 12.2. The van der Waals surface area contributed by atoms with E-state index < -0.39 is 5.97 Å². The number of anilines is 1. The minimum atomic E-state index is -0.537. The first-order valence-corrected chi connectivity index (χ1v) is 6.95. The molecule has 0 aliphatic carbocycles. The second-order valence-corrected chi connectivity index (χ2v) is 5.47. The van der Waals surface area contributed by atoms with E-state index in [1.165, 1.54) is 23.0 Å². The summed E-state index contributed by atoms with van der Waals surface area (Å²) in [5.74, 6) is -0.902. The molecule has 3 aromatic rings. The number of methoxy groups -OCH3 is 1. The molecule has 3 heterocycles. The lowest BCUT2D eigenvalue weighted by Crippen LogP contribution is -2.12. The van der Waals surface area contributed by atoms with Crippen molar-refractivity contribution >= 4 is 34.0 Å². The molecule has 3 rings (SSSR count). The van der Waals surface area contributed by atoms with Gasteiger partial charge in [-0.1, -0.05) is 0 Å². The third-order valence-electron chi connectivity index (χ3n) is 2.86. The fourth-order valence-corrected chi connectivity index (χ4v) is 2.58. The van der Waals surface area contributed by atoms with Gasteiger partial charge in [-0.05, 0) is 29.5 Å². The SMILES string of the molecule is COC(=O)c1nc(NC(=O)c2ccn3nnnc3c2)sc1C. The van der Waals surface area contributed by atoms with Crippen LogP contribution in [0.2, 0.25) is 0 Å². The second-order valence-electron chi connectivity index (χ2n) is 4.27. The molecule has 1 amide bonds. The second kappa shape index (κ2) is 5.48. The standard InChI is InChI=1S/C12H10N6O3S/c1-6-9(11(20)21-2)13-12(22-6)14-10(19)7-3-4-18-8(5-7)15-16-17-18/h3-5H,1-2H3,(H,13,14,19). The number of hydrogen-bond acceptors (Lipinski definition) is 8. The molecule has 0 spiro atoms. The Morgan fingerprint density at radius 2 is 2.23 bits per heavy atom. The van der Waals surface area contributed by atoms with E-state index in [0.29, 0.717) is 21.2 Å². The zero-order chi connectivity index (χ0) is 15.7. The van der Waals surface area contributed by atoms with Crippen LogP contribution in [0, 0.1) is 6.92 Å². The fourth-order valence-electron chi connectivity index (χ4n) is 1.79. The summed E-state index contributed by atoms with van der Waals surface area (Å²) in [4.78, 5) is 28.4. The van der Waals surface area contributed by atoms with E-state index in [-0.39, 0.29) is 11.6 Å². The summed E-state index contributed by atoms with van der Waals surface area (Å²) in [6.07, 6.45) is 1.58. The Kier molecular flexibility index (Phi) is 3.51. The summed E-state index contributed by atoms with van der Waals surface area (Å²) >= 11 is 1.20. The highest BCUT2D eigenvalue weighted by Crippen LogP contribution is 2.23. The van der Waals surface area contributed by atoms with E-state index in [0.717, 1.165) is 0 Å². The van der Waals surface area contributed by atoms with Crippen molar-refractivity contribution in [1.29, 1.82) is 0 Å². The number of rotatable bonds is 3. The van der Waals surface area contributed by atoms with Crippen LogP contribution in [-0.4, -0.2) is 44.0 Å². The van der Waals surface area contributed by atoms with Gasteiger partial charge in [0.1, 0.15) is 0 Å². The minimum absolute atomic E-state index is 0.194. The number of aromatic nitrogens is 5. The smallest absolute Gasteiger partial charge is 0.357 e. The predicted octanol–water partition coefficient (Wildman–Crippen LogP) is 0.928. The predicted molar refractivity (Wildman–Crippen MR) is 76.9 cm³/mol. The first-order chi connectivity index (χ1) is 10.6. The molecule has 0 aromatic carbocycles. The number of tetrazole rings is 1. The molecule has 0 bridgehead atoms. The van der Waals surface area contributed by atoms with Crippen molar-refractivity contribution in [2.24, 2.45) is 0 Å². The van der Waals surface area contributed by atoms with E-state index >= 15 is 0 Å². The first-order valence-electron chi connectivity index (χ1n) is 6.13. The number of pyridine rings is 1. The van der Waals surface area contributed by atoms with Crippen molar-refractivity contribution < 1.29 is 14.3 Å². The number of hydrogen-bond donors (Lipinski definition) is 1. The average Bonchev–Trinajstić information content (AvgIpc) is 3.11. The van der Waals surface area contributed by atoms with Gasteiger partial charge in [0.25, 0.3) is 5.91 Å². The lowest BCUT2D eigenvalue weighted by molar-refractivity contribution is 0.0594. The molecule has 9 nitrogen and oxygen atoms in total. The summed E-state index contributed by atoms with van der Waals surface area (Å²) in [5.41, 5.74) is 1.04. The highest BCUT2D eigenvalue weighted by Gasteiger charge is 2.17. The Hall–Kier alpha value is -2.88. The summed E-state index contributed by atoms with van der Waals surface area (Å²) in [6.45, 7) is 1.73. The van der Waals surface area contributed by atoms with Crippen molar-refractivity contribution in [3.8, 4) is 0 Å². The third-order valence-corrected chi connectivity index (χ3v) is 3.74. The van der Waals surface area contributed by atoms with Crippen LogP contribution in [0.15, 0.2) is 18.3 Å². The number of thiazole rings is 1. The minimum Gasteiger partial charge on any atom is -0.464 e. The Morgan fingerprint density at radius 3 is 3.00 bits per heavy atom. The summed E-state index contributed by atoms with van der Waals surface area (Å²) in [6, 6.07) is 3.14. The van der Waals surface area contributed by atoms with Gasteiger partial charge in [0.2, 0.25) is 0 Å². The monoisotopic (exact) mass is 318 g/mol. The molecule has 0 atom stereocenters. The van der Waals surface area contributed by atoms with E-state index in [2.05, 4.69) is 30.6 Å². The van der Waals surface area contributed by atoms with E-state index in [4.69, 9.17) is 0 Å². The van der Waals surface area contributed by atoms with E-state index in [1.54, 1.807) is 25.3 Å². The maximum absolute atomic E-state index is 12.2. The maximum Gasteiger partial charge on any atom is 0.357 e. The van der Waals surface area contributed by atoms with Gasteiger partial charge in [0.15, 0.2) is 16.5 Å². The Balaban J connectivity index is 1.83. The molecule has 1 N–H and O–H groups in total. The van der Waals surface area contributed by atoms with Gasteiger partial charge in [-0.25, -0.2) is 14.3 Å². The van der Waals surface area contributed by atoms with Crippen LogP contribution in [0.4, 0.5) is 5.13 Å². The number of carbonyl (C=O) groups excluding carboxylic acids is 2. The molecule has 3 aromatic heterocycles. The molecule has 0 unspecified atom stereocenters. The van der Waals surface area contributed by atoms with Crippen molar-refractivity contribution in [3.63, 3.8) is 0 Å². The average molecular weight is 318 g/mol. The van der Waals surface area contributed by atoms with Crippen molar-refractivity contribution in [1.82, 2.24) is 25.0 Å². The van der Waals surface area contributed by atoms with Crippen LogP contribution in [0.1, 0.15) is 25.7 Å². The molecule has 0 saturated heterocycles. The van der Waals surface area contributed by atoms with Gasteiger partial charge < -0.3 is 4.74 Å². The molecule has 10 heteroatoms. The molecule has 22 heavy (non-hydrogen) atoms. The summed E-state index contributed by atoms with van der Waals surface area (Å²) in [5, 5.41) is 13.9. The van der Waals surface area contributed by atoms with E-state index in [1.807, 2.05) is 0 Å². The Labute approximate surface area is 127 Å². The quantitative estimate of drug-likeness (QED) is 0.715. The van der Waals surface area contributed by atoms with Gasteiger partial charge in [-0.15, -0.1) is 16.4 Å². The number of amides is 1. The number of esters is 1. The zero-order valence-corrected chi connectivity index (χ0v) is 12.4. The Bertz CT molecular complexity index is 871. The number of nitrogens with one attached hydrogen (secondary N) is 1. The first kappa shape index (κ1) is 14.1. The lowest BCUT2D eigenvalue weighted by Gasteiger charge is -2.01. The number of carbonyl (C=O) groups is 2. The lowest BCUT2D eigenvalue weighted by atomic mass is 10.2. The van der Waals surface area contributed by atoms with Gasteiger partial charge in [-0.3, -0.25) is 10.1 Å². The number of ether oxygens (including phenoxy) is 1. The normalized spacial score (nSPS) is 10.6. The molecule has 0 radical (unpaired) electrons. The van der Waals surface area contributed by atoms with Crippen molar-refractivity contribution in [3.05, 3.63) is 34.5 Å². The van der Waals surface area contributed by atoms with Crippen LogP contribution in [0.5, 0.6) is 0 Å². The fraction of sp³-hybridized carbons (Fsp3) is 0.167. The summed E-state index contributed by atoms with van der Waals surface area (Å²) < 4.78 is 6.07. The highest BCUT2D eigenvalue weighted by atomic mass is 32.1. The number of fused-ring (bicyclic) bond motifs is 1. The van der Waals surface area contributed by atoms with Gasteiger partial charge in [0, 0.05) is 16.6 Å². The van der Waals surface area contributed by atoms with E-state index in [9.17, 15) is 9.59 Å². The van der Waals surface area contributed by atoms with Crippen LogP contribution in [-0.2, 0) is 4.74 Å². The molecule has 0 aliphatic rings.